The Morgan fingerprint density at radius 3 is 2.29 bits per heavy atom. The minimum Gasteiger partial charge on any atom is -0.497 e. The standard InChI is InChI=1S/C30H37N3O4S/c1-7-30(4,5)32-29(36)27(22-10-8-11-24(18-22)37-6)33(23-15-13-21(14-16-23)20(2)3)26(34)19-31-28(35)25-12-9-17-38-25/h8-18,20,27H,7,19H2,1-6H3,(H,31,35)(H,32,36). The molecule has 0 spiro atoms. The smallest absolute Gasteiger partial charge is 0.261 e. The van der Waals surface area contributed by atoms with Gasteiger partial charge in [-0.15, -0.1) is 11.3 Å². The Labute approximate surface area is 229 Å². The number of hydrogen-bond donors (Lipinski definition) is 2. The monoisotopic (exact) mass is 535 g/mol. The fourth-order valence-corrected chi connectivity index (χ4v) is 4.55. The Bertz CT molecular complexity index is 1240. The lowest BCUT2D eigenvalue weighted by Gasteiger charge is -2.35. The average molecular weight is 536 g/mol. The second-order valence-electron chi connectivity index (χ2n) is 10.1. The van der Waals surface area contributed by atoms with E-state index in [-0.39, 0.29) is 18.4 Å². The van der Waals surface area contributed by atoms with Crippen molar-refractivity contribution in [1.82, 2.24) is 10.6 Å². The van der Waals surface area contributed by atoms with E-state index in [0.717, 1.165) is 5.56 Å². The van der Waals surface area contributed by atoms with Crippen LogP contribution in [0.2, 0.25) is 0 Å². The van der Waals surface area contributed by atoms with Crippen molar-refractivity contribution in [3.05, 3.63) is 82.0 Å². The number of amides is 3. The number of nitrogens with one attached hydrogen (secondary N) is 2. The zero-order valence-corrected chi connectivity index (χ0v) is 23.7. The fraction of sp³-hybridized carbons (Fsp3) is 0.367. The summed E-state index contributed by atoms with van der Waals surface area (Å²) in [6.07, 6.45) is 0.706. The van der Waals surface area contributed by atoms with Crippen molar-refractivity contribution >= 4 is 34.7 Å². The van der Waals surface area contributed by atoms with Crippen LogP contribution in [-0.4, -0.2) is 36.9 Å². The van der Waals surface area contributed by atoms with Gasteiger partial charge < -0.3 is 15.4 Å². The summed E-state index contributed by atoms with van der Waals surface area (Å²) < 4.78 is 5.42. The predicted molar refractivity (Wildman–Crippen MR) is 153 cm³/mol. The van der Waals surface area contributed by atoms with Crippen LogP contribution in [0.5, 0.6) is 5.75 Å². The first-order valence-electron chi connectivity index (χ1n) is 12.8. The highest BCUT2D eigenvalue weighted by Crippen LogP contribution is 2.32. The maximum Gasteiger partial charge on any atom is 0.261 e. The number of methoxy groups -OCH3 is 1. The van der Waals surface area contributed by atoms with Gasteiger partial charge in [0.1, 0.15) is 11.8 Å². The molecule has 0 saturated carbocycles. The molecule has 3 amide bonds. The molecule has 3 rings (SSSR count). The van der Waals surface area contributed by atoms with E-state index in [1.165, 1.54) is 16.2 Å². The van der Waals surface area contributed by atoms with Gasteiger partial charge >= 0.3 is 0 Å². The average Bonchev–Trinajstić information content (AvgIpc) is 3.45. The molecule has 38 heavy (non-hydrogen) atoms. The first kappa shape index (κ1) is 28.9. The summed E-state index contributed by atoms with van der Waals surface area (Å²) in [7, 11) is 1.56. The van der Waals surface area contributed by atoms with Crippen LogP contribution in [0.25, 0.3) is 0 Å². The lowest BCUT2D eigenvalue weighted by molar-refractivity contribution is -0.127. The molecule has 2 N–H and O–H groups in total. The summed E-state index contributed by atoms with van der Waals surface area (Å²) >= 11 is 1.30. The molecule has 1 aromatic heterocycles. The summed E-state index contributed by atoms with van der Waals surface area (Å²) in [6.45, 7) is 9.80. The zero-order valence-electron chi connectivity index (χ0n) is 22.9. The first-order valence-corrected chi connectivity index (χ1v) is 13.6. The van der Waals surface area contributed by atoms with Gasteiger partial charge in [-0.2, -0.15) is 0 Å². The first-order chi connectivity index (χ1) is 18.1. The summed E-state index contributed by atoms with van der Waals surface area (Å²) in [5.41, 5.74) is 1.78. The molecule has 0 bridgehead atoms. The van der Waals surface area contributed by atoms with Gasteiger partial charge in [-0.1, -0.05) is 51.1 Å². The second-order valence-corrected chi connectivity index (χ2v) is 11.0. The van der Waals surface area contributed by atoms with E-state index in [4.69, 9.17) is 4.74 Å². The molecular weight excluding hydrogens is 498 g/mol. The van der Waals surface area contributed by atoms with Gasteiger partial charge in [0.05, 0.1) is 18.5 Å². The normalized spacial score (nSPS) is 12.1. The molecule has 7 nitrogen and oxygen atoms in total. The molecule has 0 aliphatic heterocycles. The number of carbonyl (C=O) groups is 3. The lowest BCUT2D eigenvalue weighted by atomic mass is 9.97. The van der Waals surface area contributed by atoms with Crippen LogP contribution in [0.15, 0.2) is 66.0 Å². The molecule has 2 aromatic carbocycles. The lowest BCUT2D eigenvalue weighted by Crippen LogP contribution is -2.52. The highest BCUT2D eigenvalue weighted by Gasteiger charge is 2.35. The Morgan fingerprint density at radius 1 is 1.00 bits per heavy atom. The number of thiophene rings is 1. The Balaban J connectivity index is 2.07. The van der Waals surface area contributed by atoms with Gasteiger partial charge in [0.25, 0.3) is 5.91 Å². The van der Waals surface area contributed by atoms with E-state index >= 15 is 0 Å². The number of rotatable bonds is 11. The van der Waals surface area contributed by atoms with Gasteiger partial charge in [0.15, 0.2) is 0 Å². The molecule has 1 unspecified atom stereocenters. The number of nitrogens with zero attached hydrogens (tertiary/aromatic N) is 1. The van der Waals surface area contributed by atoms with Gasteiger partial charge in [0, 0.05) is 11.2 Å². The third-order valence-corrected chi connectivity index (χ3v) is 7.38. The van der Waals surface area contributed by atoms with Gasteiger partial charge in [-0.25, -0.2) is 0 Å². The molecule has 202 valence electrons. The van der Waals surface area contributed by atoms with Crippen molar-refractivity contribution in [2.24, 2.45) is 0 Å². The molecule has 3 aromatic rings. The Hall–Kier alpha value is -3.65. The number of benzene rings is 2. The highest BCUT2D eigenvalue weighted by atomic mass is 32.1. The van der Waals surface area contributed by atoms with E-state index < -0.39 is 17.5 Å². The van der Waals surface area contributed by atoms with E-state index in [0.29, 0.717) is 34.2 Å². The summed E-state index contributed by atoms with van der Waals surface area (Å²) in [6, 6.07) is 17.2. The van der Waals surface area contributed by atoms with E-state index in [1.54, 1.807) is 48.9 Å². The third-order valence-electron chi connectivity index (χ3n) is 6.51. The maximum atomic E-state index is 13.9. The van der Waals surface area contributed by atoms with Crippen molar-refractivity contribution in [3.63, 3.8) is 0 Å². The van der Waals surface area contributed by atoms with Crippen molar-refractivity contribution in [3.8, 4) is 5.75 Å². The van der Waals surface area contributed by atoms with Crippen molar-refractivity contribution < 1.29 is 19.1 Å². The van der Waals surface area contributed by atoms with E-state index in [9.17, 15) is 14.4 Å². The molecule has 0 aliphatic carbocycles. The maximum absolute atomic E-state index is 13.9. The second kappa shape index (κ2) is 12.7. The number of hydrogen-bond acceptors (Lipinski definition) is 5. The van der Waals surface area contributed by atoms with Crippen LogP contribution < -0.4 is 20.3 Å². The van der Waals surface area contributed by atoms with Crippen LogP contribution in [0.3, 0.4) is 0 Å². The molecule has 1 atom stereocenters. The SMILES string of the molecule is CCC(C)(C)NC(=O)C(c1cccc(OC)c1)N(C(=O)CNC(=O)c1cccs1)c1ccc(C(C)C)cc1. The Kier molecular flexibility index (Phi) is 9.69. The molecule has 8 heteroatoms. The van der Waals surface area contributed by atoms with Crippen molar-refractivity contribution in [2.75, 3.05) is 18.6 Å². The van der Waals surface area contributed by atoms with Gasteiger partial charge in [-0.3, -0.25) is 19.3 Å². The molecule has 0 radical (unpaired) electrons. The van der Waals surface area contributed by atoms with Crippen LogP contribution in [0, 0.1) is 0 Å². The molecule has 0 aliphatic rings. The molecule has 0 saturated heterocycles. The molecular formula is C30H37N3O4S. The topological polar surface area (TPSA) is 87.7 Å². The fourth-order valence-electron chi connectivity index (χ4n) is 3.91. The van der Waals surface area contributed by atoms with E-state index in [2.05, 4.69) is 24.5 Å². The van der Waals surface area contributed by atoms with Crippen LogP contribution in [0.4, 0.5) is 5.69 Å². The third kappa shape index (κ3) is 7.22. The number of carbonyl (C=O) groups excluding carboxylic acids is 3. The summed E-state index contributed by atoms with van der Waals surface area (Å²) in [4.78, 5) is 42.3. The highest BCUT2D eigenvalue weighted by molar-refractivity contribution is 7.12. The predicted octanol–water partition coefficient (Wildman–Crippen LogP) is 5.69. The zero-order chi connectivity index (χ0) is 27.9. The van der Waals surface area contributed by atoms with Crippen LogP contribution in [0.1, 0.15) is 73.8 Å². The summed E-state index contributed by atoms with van der Waals surface area (Å²) in [5.74, 6) is -0.192. The van der Waals surface area contributed by atoms with Gasteiger partial charge in [0.2, 0.25) is 11.8 Å². The Morgan fingerprint density at radius 2 is 1.71 bits per heavy atom. The van der Waals surface area contributed by atoms with Crippen molar-refractivity contribution in [1.29, 1.82) is 0 Å². The minimum absolute atomic E-state index is 0.270. The van der Waals surface area contributed by atoms with Crippen molar-refractivity contribution in [2.45, 2.75) is 58.5 Å². The van der Waals surface area contributed by atoms with E-state index in [1.807, 2.05) is 45.0 Å². The quantitative estimate of drug-likeness (QED) is 0.330. The summed E-state index contributed by atoms with van der Waals surface area (Å²) in [5, 5.41) is 7.62. The molecule has 0 fully saturated rings. The largest absolute Gasteiger partial charge is 0.497 e. The molecule has 1 heterocycles. The number of anilines is 1. The van der Waals surface area contributed by atoms with Crippen LogP contribution in [-0.2, 0) is 9.59 Å². The minimum atomic E-state index is -0.994. The number of ether oxygens (including phenoxy) is 1. The van der Waals surface area contributed by atoms with Gasteiger partial charge in [-0.05, 0) is 73.0 Å². The van der Waals surface area contributed by atoms with Crippen LogP contribution >= 0.6 is 11.3 Å².